The smallest absolute Gasteiger partial charge is 0.407 e. The number of nitrogens with two attached hydrogens (primary N) is 1. The van der Waals surface area contributed by atoms with E-state index in [1.165, 1.54) is 28.6 Å². The van der Waals surface area contributed by atoms with Crippen LogP contribution in [-0.4, -0.2) is 39.6 Å². The van der Waals surface area contributed by atoms with Crippen LogP contribution in [0.25, 0.3) is 22.3 Å². The highest BCUT2D eigenvalue weighted by atomic mass is 16.5. The third-order valence-electron chi connectivity index (χ3n) is 8.95. The summed E-state index contributed by atoms with van der Waals surface area (Å²) < 4.78 is 11.6. The van der Waals surface area contributed by atoms with Crippen molar-refractivity contribution in [2.45, 2.75) is 50.8 Å². The summed E-state index contributed by atoms with van der Waals surface area (Å²) in [6.45, 7) is 1.06. The molecule has 0 radical (unpaired) electrons. The largest absolute Gasteiger partial charge is 0.461 e. The molecule has 2 aromatic heterocycles. The molecule has 11 nitrogen and oxygen atoms in total. The van der Waals surface area contributed by atoms with Crippen LogP contribution in [-0.2, 0) is 22.7 Å². The molecule has 11 heteroatoms. The number of hydrogen-bond acceptors (Lipinski definition) is 7. The number of ether oxygens (including phenoxy) is 2. The lowest BCUT2D eigenvalue weighted by Gasteiger charge is -2.28. The summed E-state index contributed by atoms with van der Waals surface area (Å²) in [4.78, 5) is 39.8. The number of nitrogen functional groups attached to an aromatic ring is 1. The SMILES string of the molecule is Nc1nc2nc[nH]c2c(OCc2ccc(CNC(=O)C3CCC(NC(=O)OCC4c5ccccc5-c5ccccc54)CC3)cc2)[nH+]1. The number of benzene rings is 3. The number of carbonyl (C=O) groups excluding carboxylic acids is 2. The van der Waals surface area contributed by atoms with Gasteiger partial charge in [-0.15, -0.1) is 0 Å². The molecule has 0 aliphatic heterocycles. The molecule has 46 heavy (non-hydrogen) atoms. The highest BCUT2D eigenvalue weighted by molar-refractivity contribution is 5.80. The zero-order valence-corrected chi connectivity index (χ0v) is 25.3. The number of nitrogens with one attached hydrogen (secondary N) is 4. The maximum Gasteiger partial charge on any atom is 0.407 e. The Kier molecular flexibility index (Phi) is 8.20. The van der Waals surface area contributed by atoms with E-state index >= 15 is 0 Å². The van der Waals surface area contributed by atoms with Crippen molar-refractivity contribution in [2.24, 2.45) is 5.92 Å². The lowest BCUT2D eigenvalue weighted by Crippen LogP contribution is -2.41. The molecule has 2 amide bonds. The average molecular weight is 619 g/mol. The minimum Gasteiger partial charge on any atom is -0.461 e. The van der Waals surface area contributed by atoms with E-state index in [-0.39, 0.29) is 29.7 Å². The van der Waals surface area contributed by atoms with Crippen LogP contribution in [0, 0.1) is 5.92 Å². The van der Waals surface area contributed by atoms with Gasteiger partial charge in [0.2, 0.25) is 5.91 Å². The summed E-state index contributed by atoms with van der Waals surface area (Å²) in [5.41, 5.74) is 13.7. The van der Waals surface area contributed by atoms with E-state index in [9.17, 15) is 9.59 Å². The van der Waals surface area contributed by atoms with Gasteiger partial charge in [0.15, 0.2) is 5.52 Å². The van der Waals surface area contributed by atoms with Gasteiger partial charge in [-0.3, -0.25) is 10.5 Å². The Labute approximate surface area is 266 Å². The molecule has 2 aliphatic rings. The van der Waals surface area contributed by atoms with Gasteiger partial charge in [0.25, 0.3) is 11.5 Å². The third kappa shape index (κ3) is 6.21. The number of carbonyl (C=O) groups is 2. The van der Waals surface area contributed by atoms with Gasteiger partial charge < -0.3 is 25.1 Å². The first kappa shape index (κ1) is 29.3. The first-order chi connectivity index (χ1) is 22.5. The highest BCUT2D eigenvalue weighted by Gasteiger charge is 2.30. The van der Waals surface area contributed by atoms with Crippen LogP contribution < -0.4 is 26.1 Å². The molecular formula is C35H36N7O4+. The van der Waals surface area contributed by atoms with Crippen LogP contribution >= 0.6 is 0 Å². The summed E-state index contributed by atoms with van der Waals surface area (Å²) in [5, 5.41) is 6.10. The number of aromatic nitrogens is 4. The number of nitrogens with zero attached hydrogens (tertiary/aromatic N) is 2. The van der Waals surface area contributed by atoms with Crippen LogP contribution in [0.2, 0.25) is 0 Å². The van der Waals surface area contributed by atoms with E-state index in [1.807, 2.05) is 48.5 Å². The number of fused-ring (bicyclic) bond motifs is 4. The van der Waals surface area contributed by atoms with Crippen molar-refractivity contribution < 1.29 is 24.0 Å². The Bertz CT molecular complexity index is 1820. The lowest BCUT2D eigenvalue weighted by atomic mass is 9.85. The molecule has 2 aliphatic carbocycles. The fourth-order valence-electron chi connectivity index (χ4n) is 6.52. The zero-order valence-electron chi connectivity index (χ0n) is 25.3. The first-order valence-electron chi connectivity index (χ1n) is 15.6. The summed E-state index contributed by atoms with van der Waals surface area (Å²) >= 11 is 0. The highest BCUT2D eigenvalue weighted by Crippen LogP contribution is 2.44. The van der Waals surface area contributed by atoms with Gasteiger partial charge in [-0.1, -0.05) is 72.8 Å². The number of rotatable bonds is 9. The summed E-state index contributed by atoms with van der Waals surface area (Å²) in [5.74, 6) is 0.694. The van der Waals surface area contributed by atoms with Crippen molar-refractivity contribution in [1.82, 2.24) is 25.6 Å². The van der Waals surface area contributed by atoms with Crippen molar-refractivity contribution in [2.75, 3.05) is 12.3 Å². The summed E-state index contributed by atoms with van der Waals surface area (Å²) in [7, 11) is 0. The number of imidazole rings is 1. The van der Waals surface area contributed by atoms with E-state index in [0.29, 0.717) is 36.8 Å². The third-order valence-corrected chi connectivity index (χ3v) is 8.95. The fraction of sp³-hybridized carbons (Fsp3) is 0.286. The minimum atomic E-state index is -0.402. The minimum absolute atomic E-state index is 0.0000170. The van der Waals surface area contributed by atoms with Crippen LogP contribution in [0.1, 0.15) is 53.9 Å². The number of H-pyrrole nitrogens is 2. The normalized spacial score (nSPS) is 17.2. The number of amides is 2. The molecule has 3 aromatic carbocycles. The molecule has 0 bridgehead atoms. The second-order valence-corrected chi connectivity index (χ2v) is 11.9. The molecule has 2 heterocycles. The number of aromatic amines is 2. The van der Waals surface area contributed by atoms with E-state index in [4.69, 9.17) is 15.2 Å². The van der Waals surface area contributed by atoms with Crippen LogP contribution in [0.3, 0.4) is 0 Å². The van der Waals surface area contributed by atoms with Crippen molar-refractivity contribution in [1.29, 1.82) is 0 Å². The number of alkyl carbamates (subject to hydrolysis) is 1. The molecule has 5 aromatic rings. The first-order valence-corrected chi connectivity index (χ1v) is 15.6. The Balaban J connectivity index is 0.833. The van der Waals surface area contributed by atoms with Gasteiger partial charge in [-0.2, -0.15) is 0 Å². The maximum atomic E-state index is 12.9. The lowest BCUT2D eigenvalue weighted by molar-refractivity contribution is -0.380. The van der Waals surface area contributed by atoms with E-state index in [0.717, 1.165) is 36.8 Å². The van der Waals surface area contributed by atoms with Gasteiger partial charge in [0, 0.05) is 24.4 Å². The van der Waals surface area contributed by atoms with Crippen LogP contribution in [0.5, 0.6) is 5.88 Å². The maximum absolute atomic E-state index is 12.9. The topological polar surface area (TPSA) is 158 Å². The summed E-state index contributed by atoms with van der Waals surface area (Å²) in [6.07, 6.45) is 4.05. The molecule has 0 atom stereocenters. The van der Waals surface area contributed by atoms with Gasteiger partial charge in [-0.05, 0) is 64.0 Å². The Morgan fingerprint density at radius 1 is 0.913 bits per heavy atom. The molecular weight excluding hydrogens is 582 g/mol. The molecule has 0 unspecified atom stereocenters. The van der Waals surface area contributed by atoms with Gasteiger partial charge in [0.05, 0.1) is 6.33 Å². The van der Waals surface area contributed by atoms with E-state index < -0.39 is 6.09 Å². The van der Waals surface area contributed by atoms with Crippen molar-refractivity contribution >= 4 is 29.1 Å². The number of hydrogen-bond donors (Lipinski definition) is 4. The molecule has 1 fully saturated rings. The molecule has 0 spiro atoms. The second-order valence-electron chi connectivity index (χ2n) is 11.9. The predicted octanol–water partition coefficient (Wildman–Crippen LogP) is 4.65. The van der Waals surface area contributed by atoms with Gasteiger partial charge in [-0.25, -0.2) is 14.8 Å². The molecule has 6 N–H and O–H groups in total. The van der Waals surface area contributed by atoms with Crippen molar-refractivity contribution in [3.8, 4) is 17.0 Å². The van der Waals surface area contributed by atoms with Gasteiger partial charge >= 0.3 is 12.0 Å². The molecule has 234 valence electrons. The molecule has 1 saturated carbocycles. The summed E-state index contributed by atoms with van der Waals surface area (Å²) in [6, 6.07) is 24.5. The van der Waals surface area contributed by atoms with Crippen LogP contribution in [0.4, 0.5) is 10.7 Å². The number of anilines is 1. The predicted molar refractivity (Wildman–Crippen MR) is 171 cm³/mol. The Morgan fingerprint density at radius 2 is 1.59 bits per heavy atom. The standard InChI is InChI=1S/C35H35N7O4/c36-34-41-31-30(38-20-39-31)33(42-34)45-18-22-11-9-21(10-12-22)17-37-32(43)23-13-15-24(16-14-23)40-35(44)46-19-29-27-7-3-1-5-25(27)26-6-2-4-8-28(26)29/h1-12,20,23-24,29H,13-19H2,(H,37,43)(H,40,44)(H3,36,38,39,41,42)/p+1. The Morgan fingerprint density at radius 3 is 2.30 bits per heavy atom. The zero-order chi connectivity index (χ0) is 31.5. The van der Waals surface area contributed by atoms with E-state index in [1.54, 1.807) is 0 Å². The monoisotopic (exact) mass is 618 g/mol. The molecule has 7 rings (SSSR count). The van der Waals surface area contributed by atoms with Crippen molar-refractivity contribution in [3.63, 3.8) is 0 Å². The fourth-order valence-corrected chi connectivity index (χ4v) is 6.52. The molecule has 0 saturated heterocycles. The average Bonchev–Trinajstić information content (AvgIpc) is 3.68. The van der Waals surface area contributed by atoms with Gasteiger partial charge in [0.1, 0.15) is 13.2 Å². The van der Waals surface area contributed by atoms with E-state index in [2.05, 4.69) is 54.8 Å². The van der Waals surface area contributed by atoms with Crippen molar-refractivity contribution in [3.05, 3.63) is 101 Å². The second kappa shape index (κ2) is 12.9. The quantitative estimate of drug-likeness (QED) is 0.187. The van der Waals surface area contributed by atoms with Crippen LogP contribution in [0.15, 0.2) is 79.1 Å². The Hall–Kier alpha value is -5.45.